The lowest BCUT2D eigenvalue weighted by Gasteiger charge is -2.23. The van der Waals surface area contributed by atoms with Gasteiger partial charge in [-0.05, 0) is 30.3 Å². The second kappa shape index (κ2) is 6.65. The first-order valence-electron chi connectivity index (χ1n) is 8.19. The van der Waals surface area contributed by atoms with E-state index in [9.17, 15) is 0 Å². The number of hydrogen-bond donors (Lipinski definition) is 0. The Kier molecular flexibility index (Phi) is 4.18. The van der Waals surface area contributed by atoms with Crippen LogP contribution in [0.15, 0.2) is 67.8 Å². The quantitative estimate of drug-likeness (QED) is 0.489. The van der Waals surface area contributed by atoms with Crippen LogP contribution >= 0.6 is 11.6 Å². The Hall–Kier alpha value is -3.12. The first-order valence-corrected chi connectivity index (χ1v) is 8.57. The molecule has 0 aliphatic heterocycles. The van der Waals surface area contributed by atoms with Crippen LogP contribution in [-0.2, 0) is 0 Å². The van der Waals surface area contributed by atoms with Crippen molar-refractivity contribution < 1.29 is 0 Å². The molecule has 0 saturated carbocycles. The zero-order valence-electron chi connectivity index (χ0n) is 14.1. The number of benzene rings is 2. The molecule has 130 valence electrons. The van der Waals surface area contributed by atoms with Crippen molar-refractivity contribution in [2.24, 2.45) is 0 Å². The van der Waals surface area contributed by atoms with Gasteiger partial charge in [0.15, 0.2) is 5.82 Å². The standard InChI is InChI=1S/C19H17ClN6/c1-3-11-24(12-4-2)26-19(15-10-9-14(20)13-17(15)22-26)25-18-8-6-5-7-16(18)21-23-25/h3-10,13H,1-2,11-12H2. The highest BCUT2D eigenvalue weighted by Gasteiger charge is 2.20. The van der Waals surface area contributed by atoms with Crippen LogP contribution < -0.4 is 5.01 Å². The Morgan fingerprint density at radius 2 is 1.81 bits per heavy atom. The summed E-state index contributed by atoms with van der Waals surface area (Å²) in [7, 11) is 0. The minimum absolute atomic E-state index is 0.605. The van der Waals surface area contributed by atoms with E-state index in [1.165, 1.54) is 0 Å². The highest BCUT2D eigenvalue weighted by atomic mass is 35.5. The molecule has 2 aromatic carbocycles. The summed E-state index contributed by atoms with van der Waals surface area (Å²) in [5.41, 5.74) is 2.51. The molecule has 26 heavy (non-hydrogen) atoms. The number of hydrogen-bond acceptors (Lipinski definition) is 4. The van der Waals surface area contributed by atoms with E-state index in [0.29, 0.717) is 18.1 Å². The zero-order chi connectivity index (χ0) is 18.1. The van der Waals surface area contributed by atoms with Crippen molar-refractivity contribution in [1.29, 1.82) is 0 Å². The second-order valence-corrected chi connectivity index (χ2v) is 6.25. The molecule has 0 bridgehead atoms. The summed E-state index contributed by atoms with van der Waals surface area (Å²) in [6.45, 7) is 8.90. The normalized spacial score (nSPS) is 11.1. The fourth-order valence-electron chi connectivity index (χ4n) is 2.98. The largest absolute Gasteiger partial charge is 0.287 e. The van der Waals surface area contributed by atoms with E-state index >= 15 is 0 Å². The average Bonchev–Trinajstić information content (AvgIpc) is 3.22. The molecular weight excluding hydrogens is 348 g/mol. The molecule has 0 spiro atoms. The van der Waals surface area contributed by atoms with Crippen molar-refractivity contribution in [3.63, 3.8) is 0 Å². The molecular formula is C19H17ClN6. The number of para-hydroxylation sites is 1. The van der Waals surface area contributed by atoms with E-state index in [1.54, 1.807) is 4.68 Å². The van der Waals surface area contributed by atoms with E-state index in [2.05, 4.69) is 23.5 Å². The summed E-state index contributed by atoms with van der Waals surface area (Å²) in [5.74, 6) is 0.800. The van der Waals surface area contributed by atoms with Crippen molar-refractivity contribution in [3.05, 3.63) is 72.8 Å². The molecule has 4 rings (SSSR count). The summed E-state index contributed by atoms with van der Waals surface area (Å²) in [6.07, 6.45) is 3.65. The van der Waals surface area contributed by atoms with Crippen LogP contribution in [0.25, 0.3) is 27.8 Å². The molecule has 6 nitrogen and oxygen atoms in total. The molecule has 4 aromatic rings. The molecule has 0 aliphatic carbocycles. The molecule has 0 atom stereocenters. The van der Waals surface area contributed by atoms with Crippen LogP contribution in [0.5, 0.6) is 0 Å². The lowest BCUT2D eigenvalue weighted by molar-refractivity contribution is 0.567. The van der Waals surface area contributed by atoms with Gasteiger partial charge >= 0.3 is 0 Å². The summed E-state index contributed by atoms with van der Waals surface area (Å²) < 4.78 is 1.80. The summed E-state index contributed by atoms with van der Waals surface area (Å²) in [4.78, 5) is 1.82. The van der Waals surface area contributed by atoms with Crippen LogP contribution in [0.1, 0.15) is 0 Å². The first-order chi connectivity index (χ1) is 12.7. The Labute approximate surface area is 155 Å². The van der Waals surface area contributed by atoms with Gasteiger partial charge in [-0.25, -0.2) is 0 Å². The predicted octanol–water partition coefficient (Wildman–Crippen LogP) is 3.73. The van der Waals surface area contributed by atoms with Crippen LogP contribution in [-0.4, -0.2) is 38.0 Å². The highest BCUT2D eigenvalue weighted by Crippen LogP contribution is 2.27. The van der Waals surface area contributed by atoms with Gasteiger partial charge in [0, 0.05) is 10.4 Å². The molecule has 0 unspecified atom stereocenters. The van der Waals surface area contributed by atoms with Crippen molar-refractivity contribution >= 4 is 33.5 Å². The average molecular weight is 365 g/mol. The lowest BCUT2D eigenvalue weighted by atomic mass is 10.2. The van der Waals surface area contributed by atoms with Crippen molar-refractivity contribution in [2.75, 3.05) is 18.1 Å². The van der Waals surface area contributed by atoms with E-state index in [4.69, 9.17) is 16.7 Å². The molecule has 0 N–H and O–H groups in total. The molecule has 0 aliphatic rings. The van der Waals surface area contributed by atoms with Gasteiger partial charge in [0.25, 0.3) is 0 Å². The Balaban J connectivity index is 2.03. The number of rotatable bonds is 6. The van der Waals surface area contributed by atoms with Crippen molar-refractivity contribution in [3.8, 4) is 5.82 Å². The fourth-order valence-corrected chi connectivity index (χ4v) is 3.15. The van der Waals surface area contributed by atoms with Gasteiger partial charge in [0.05, 0.1) is 24.1 Å². The SMILES string of the molecule is C=CCN(CC=C)n1nc2cc(Cl)ccc2c1-n1nnc2ccccc21. The minimum Gasteiger partial charge on any atom is -0.287 e. The maximum Gasteiger partial charge on any atom is 0.185 e. The van der Waals surface area contributed by atoms with Gasteiger partial charge in [0.2, 0.25) is 0 Å². The monoisotopic (exact) mass is 364 g/mol. The number of halogens is 1. The van der Waals surface area contributed by atoms with E-state index < -0.39 is 0 Å². The summed E-state index contributed by atoms with van der Waals surface area (Å²) in [6, 6.07) is 13.5. The van der Waals surface area contributed by atoms with Crippen LogP contribution in [0.3, 0.4) is 0 Å². The fraction of sp³-hybridized carbons (Fsp3) is 0.105. The molecule has 7 heteroatoms. The second-order valence-electron chi connectivity index (χ2n) is 5.81. The molecule has 2 aromatic heterocycles. The topological polar surface area (TPSA) is 51.8 Å². The minimum atomic E-state index is 0.605. The van der Waals surface area contributed by atoms with Gasteiger partial charge in [-0.1, -0.05) is 41.1 Å². The number of fused-ring (bicyclic) bond motifs is 2. The van der Waals surface area contributed by atoms with Gasteiger partial charge in [0.1, 0.15) is 5.52 Å². The third-order valence-electron chi connectivity index (χ3n) is 4.09. The number of aromatic nitrogens is 5. The summed E-state index contributed by atoms with van der Waals surface area (Å²) in [5, 5.41) is 17.0. The van der Waals surface area contributed by atoms with Gasteiger partial charge in [-0.15, -0.1) is 18.3 Å². The third-order valence-corrected chi connectivity index (χ3v) is 4.33. The van der Waals surface area contributed by atoms with Gasteiger partial charge in [-0.2, -0.15) is 14.6 Å². The zero-order valence-corrected chi connectivity index (χ0v) is 14.8. The molecule has 0 fully saturated rings. The highest BCUT2D eigenvalue weighted by molar-refractivity contribution is 6.31. The van der Waals surface area contributed by atoms with Crippen LogP contribution in [0, 0.1) is 0 Å². The Bertz CT molecular complexity index is 1100. The first kappa shape index (κ1) is 16.4. The smallest absolute Gasteiger partial charge is 0.185 e. The molecule has 0 radical (unpaired) electrons. The maximum absolute atomic E-state index is 6.17. The maximum atomic E-state index is 6.17. The van der Waals surface area contributed by atoms with Gasteiger partial charge < -0.3 is 0 Å². The Morgan fingerprint density at radius 1 is 1.04 bits per heavy atom. The lowest BCUT2D eigenvalue weighted by Crippen LogP contribution is -2.37. The Morgan fingerprint density at radius 3 is 2.58 bits per heavy atom. The summed E-state index contributed by atoms with van der Waals surface area (Å²) >= 11 is 6.17. The molecule has 2 heterocycles. The molecule has 0 amide bonds. The van der Waals surface area contributed by atoms with Crippen LogP contribution in [0.4, 0.5) is 0 Å². The van der Waals surface area contributed by atoms with Crippen molar-refractivity contribution in [1.82, 2.24) is 24.9 Å². The molecule has 0 saturated heterocycles. The predicted molar refractivity (Wildman–Crippen MR) is 106 cm³/mol. The van der Waals surface area contributed by atoms with E-state index in [0.717, 1.165) is 27.8 Å². The van der Waals surface area contributed by atoms with Crippen molar-refractivity contribution in [2.45, 2.75) is 0 Å². The van der Waals surface area contributed by atoms with Gasteiger partial charge in [-0.3, -0.25) is 5.01 Å². The van der Waals surface area contributed by atoms with E-state index in [-0.39, 0.29) is 0 Å². The van der Waals surface area contributed by atoms with Crippen LogP contribution in [0.2, 0.25) is 5.02 Å². The number of nitrogens with zero attached hydrogens (tertiary/aromatic N) is 6. The van der Waals surface area contributed by atoms with E-state index in [1.807, 2.05) is 64.4 Å². The third kappa shape index (κ3) is 2.64.